The molecule has 2 nitrogen and oxygen atoms in total. The summed E-state index contributed by atoms with van der Waals surface area (Å²) < 4.78 is 6.70. The van der Waals surface area contributed by atoms with Gasteiger partial charge in [-0.05, 0) is 49.4 Å². The smallest absolute Gasteiger partial charge is 0.0494 e. The van der Waals surface area contributed by atoms with Crippen LogP contribution in [0, 0.1) is 11.8 Å². The zero-order chi connectivity index (χ0) is 13.0. The van der Waals surface area contributed by atoms with Crippen molar-refractivity contribution in [2.24, 2.45) is 11.8 Å². The predicted molar refractivity (Wildman–Crippen MR) is 78.8 cm³/mol. The first-order valence-electron chi connectivity index (χ1n) is 6.70. The van der Waals surface area contributed by atoms with Crippen molar-refractivity contribution in [1.82, 2.24) is 5.32 Å². The van der Waals surface area contributed by atoms with Crippen LogP contribution in [0.5, 0.6) is 0 Å². The molecular weight excluding hydrogens is 290 g/mol. The SMILES string of the molecule is CNC(Cc1cccc(Br)c1)C1CCOCC1C. The molecule has 0 saturated carbocycles. The van der Waals surface area contributed by atoms with Crippen LogP contribution in [0.4, 0.5) is 0 Å². The summed E-state index contributed by atoms with van der Waals surface area (Å²) in [6.45, 7) is 4.11. The van der Waals surface area contributed by atoms with Crippen molar-refractivity contribution in [3.8, 4) is 0 Å². The summed E-state index contributed by atoms with van der Waals surface area (Å²) in [7, 11) is 2.07. The predicted octanol–water partition coefficient (Wildman–Crippen LogP) is 3.25. The van der Waals surface area contributed by atoms with Gasteiger partial charge in [-0.15, -0.1) is 0 Å². The standard InChI is InChI=1S/C15H22BrNO/c1-11-10-18-7-6-14(11)15(17-2)9-12-4-3-5-13(16)8-12/h3-5,8,11,14-15,17H,6-7,9-10H2,1-2H3. The molecule has 3 unspecified atom stereocenters. The van der Waals surface area contributed by atoms with Crippen LogP contribution in [0.25, 0.3) is 0 Å². The second-order valence-electron chi connectivity index (χ2n) is 5.23. The van der Waals surface area contributed by atoms with Crippen LogP contribution in [0.15, 0.2) is 28.7 Å². The minimum Gasteiger partial charge on any atom is -0.381 e. The van der Waals surface area contributed by atoms with Gasteiger partial charge in [-0.25, -0.2) is 0 Å². The van der Waals surface area contributed by atoms with Gasteiger partial charge in [0.2, 0.25) is 0 Å². The van der Waals surface area contributed by atoms with Gasteiger partial charge in [0, 0.05) is 23.7 Å². The van der Waals surface area contributed by atoms with Crippen LogP contribution in [0.1, 0.15) is 18.9 Å². The van der Waals surface area contributed by atoms with Gasteiger partial charge in [0.05, 0.1) is 0 Å². The molecule has 1 aliphatic rings. The average molecular weight is 312 g/mol. The van der Waals surface area contributed by atoms with E-state index in [4.69, 9.17) is 4.74 Å². The Morgan fingerprint density at radius 2 is 2.33 bits per heavy atom. The number of likely N-dealkylation sites (N-methyl/N-ethyl adjacent to an activating group) is 1. The Kier molecular flexibility index (Phi) is 5.22. The molecule has 1 aromatic carbocycles. The molecule has 1 aromatic rings. The second-order valence-corrected chi connectivity index (χ2v) is 6.15. The minimum atomic E-state index is 0.540. The van der Waals surface area contributed by atoms with E-state index in [9.17, 15) is 0 Å². The highest BCUT2D eigenvalue weighted by Crippen LogP contribution is 2.27. The molecular formula is C15H22BrNO. The van der Waals surface area contributed by atoms with Crippen molar-refractivity contribution in [3.05, 3.63) is 34.3 Å². The molecule has 0 radical (unpaired) electrons. The third-order valence-corrected chi connectivity index (χ3v) is 4.43. The van der Waals surface area contributed by atoms with E-state index in [0.29, 0.717) is 17.9 Å². The lowest BCUT2D eigenvalue weighted by molar-refractivity contribution is 0.0119. The molecule has 1 aliphatic heterocycles. The largest absolute Gasteiger partial charge is 0.381 e. The number of hydrogen-bond donors (Lipinski definition) is 1. The molecule has 3 atom stereocenters. The number of hydrogen-bond acceptors (Lipinski definition) is 2. The van der Waals surface area contributed by atoms with Gasteiger partial charge in [0.15, 0.2) is 0 Å². The fraction of sp³-hybridized carbons (Fsp3) is 0.600. The molecule has 0 aliphatic carbocycles. The Hall–Kier alpha value is -0.380. The number of nitrogens with one attached hydrogen (secondary N) is 1. The quantitative estimate of drug-likeness (QED) is 0.921. The summed E-state index contributed by atoms with van der Waals surface area (Å²) in [6, 6.07) is 9.15. The normalized spacial score (nSPS) is 25.9. The molecule has 1 fully saturated rings. The van der Waals surface area contributed by atoms with Crippen molar-refractivity contribution in [3.63, 3.8) is 0 Å². The molecule has 1 heterocycles. The Bertz CT molecular complexity index is 383. The van der Waals surface area contributed by atoms with E-state index in [2.05, 4.69) is 59.5 Å². The number of ether oxygens (including phenoxy) is 1. The summed E-state index contributed by atoms with van der Waals surface area (Å²) in [4.78, 5) is 0. The van der Waals surface area contributed by atoms with Crippen LogP contribution in [-0.2, 0) is 11.2 Å². The van der Waals surface area contributed by atoms with E-state index in [1.54, 1.807) is 0 Å². The molecule has 100 valence electrons. The lowest BCUT2D eigenvalue weighted by atomic mass is 9.81. The van der Waals surface area contributed by atoms with Gasteiger partial charge in [-0.3, -0.25) is 0 Å². The maximum absolute atomic E-state index is 5.54. The minimum absolute atomic E-state index is 0.540. The number of rotatable bonds is 4. The van der Waals surface area contributed by atoms with Gasteiger partial charge < -0.3 is 10.1 Å². The first-order chi connectivity index (χ1) is 8.70. The molecule has 2 rings (SSSR count). The van der Waals surface area contributed by atoms with Crippen molar-refractivity contribution >= 4 is 15.9 Å². The topological polar surface area (TPSA) is 21.3 Å². The zero-order valence-electron chi connectivity index (χ0n) is 11.2. The Labute approximate surface area is 118 Å². The van der Waals surface area contributed by atoms with Crippen molar-refractivity contribution < 1.29 is 4.74 Å². The summed E-state index contributed by atoms with van der Waals surface area (Å²) in [6.07, 6.45) is 2.26. The Balaban J connectivity index is 2.04. The molecule has 18 heavy (non-hydrogen) atoms. The van der Waals surface area contributed by atoms with Gasteiger partial charge in [-0.1, -0.05) is 35.0 Å². The van der Waals surface area contributed by atoms with E-state index in [1.807, 2.05) is 0 Å². The highest BCUT2D eigenvalue weighted by molar-refractivity contribution is 9.10. The zero-order valence-corrected chi connectivity index (χ0v) is 12.7. The Morgan fingerprint density at radius 1 is 1.50 bits per heavy atom. The van der Waals surface area contributed by atoms with Crippen LogP contribution in [-0.4, -0.2) is 26.3 Å². The van der Waals surface area contributed by atoms with Crippen LogP contribution < -0.4 is 5.32 Å². The molecule has 0 bridgehead atoms. The van der Waals surface area contributed by atoms with Gasteiger partial charge in [-0.2, -0.15) is 0 Å². The lowest BCUT2D eigenvalue weighted by Crippen LogP contribution is -2.42. The first kappa shape index (κ1) is 14.0. The maximum Gasteiger partial charge on any atom is 0.0494 e. The first-order valence-corrected chi connectivity index (χ1v) is 7.49. The molecule has 1 N–H and O–H groups in total. The van der Waals surface area contributed by atoms with Gasteiger partial charge >= 0.3 is 0 Å². The summed E-state index contributed by atoms with van der Waals surface area (Å²) in [5.41, 5.74) is 1.39. The van der Waals surface area contributed by atoms with Gasteiger partial charge in [0.1, 0.15) is 0 Å². The molecule has 0 spiro atoms. The third kappa shape index (κ3) is 3.56. The summed E-state index contributed by atoms with van der Waals surface area (Å²) >= 11 is 3.54. The lowest BCUT2D eigenvalue weighted by Gasteiger charge is -2.35. The van der Waals surface area contributed by atoms with Crippen LogP contribution in [0.3, 0.4) is 0 Å². The fourth-order valence-corrected chi connectivity index (χ4v) is 3.33. The highest BCUT2D eigenvalue weighted by Gasteiger charge is 2.28. The monoisotopic (exact) mass is 311 g/mol. The molecule has 0 amide bonds. The van der Waals surface area contributed by atoms with E-state index < -0.39 is 0 Å². The van der Waals surface area contributed by atoms with E-state index in [0.717, 1.165) is 24.1 Å². The van der Waals surface area contributed by atoms with Crippen LogP contribution >= 0.6 is 15.9 Å². The van der Waals surface area contributed by atoms with E-state index in [-0.39, 0.29) is 0 Å². The Morgan fingerprint density at radius 3 is 3.00 bits per heavy atom. The van der Waals surface area contributed by atoms with Crippen LogP contribution in [0.2, 0.25) is 0 Å². The van der Waals surface area contributed by atoms with Crippen molar-refractivity contribution in [1.29, 1.82) is 0 Å². The summed E-state index contributed by atoms with van der Waals surface area (Å²) in [5, 5.41) is 3.50. The second kappa shape index (κ2) is 6.69. The van der Waals surface area contributed by atoms with Gasteiger partial charge in [0.25, 0.3) is 0 Å². The number of benzene rings is 1. The molecule has 1 saturated heterocycles. The number of halogens is 1. The molecule has 0 aromatic heterocycles. The molecule has 3 heteroatoms. The maximum atomic E-state index is 5.54. The van der Waals surface area contributed by atoms with E-state index in [1.165, 1.54) is 12.0 Å². The highest BCUT2D eigenvalue weighted by atomic mass is 79.9. The van der Waals surface area contributed by atoms with E-state index >= 15 is 0 Å². The summed E-state index contributed by atoms with van der Waals surface area (Å²) in [5.74, 6) is 1.35. The van der Waals surface area contributed by atoms with Crippen molar-refractivity contribution in [2.45, 2.75) is 25.8 Å². The van der Waals surface area contributed by atoms with Crippen molar-refractivity contribution in [2.75, 3.05) is 20.3 Å². The average Bonchev–Trinajstić information content (AvgIpc) is 2.37. The third-order valence-electron chi connectivity index (χ3n) is 3.94. The fourth-order valence-electron chi connectivity index (χ4n) is 2.88.